The zero-order valence-corrected chi connectivity index (χ0v) is 18.4. The topological polar surface area (TPSA) is 58.2 Å². The number of halogens is 1. The molecule has 1 heterocycles. The molecule has 3 rings (SSSR count). The molecule has 0 fully saturated rings. The number of hydrogen-bond donors (Lipinski definition) is 2. The number of anilines is 2. The van der Waals surface area contributed by atoms with Crippen molar-refractivity contribution in [1.29, 1.82) is 0 Å². The van der Waals surface area contributed by atoms with Gasteiger partial charge in [-0.3, -0.25) is 9.59 Å². The van der Waals surface area contributed by atoms with Crippen molar-refractivity contribution in [3.05, 3.63) is 75.4 Å². The molecular weight excluding hydrogens is 456 g/mol. The Morgan fingerprint density at radius 1 is 1.04 bits per heavy atom. The summed E-state index contributed by atoms with van der Waals surface area (Å²) in [5, 5.41) is 7.50. The average molecular weight is 475 g/mol. The molecule has 2 N–H and O–H groups in total. The second-order valence-electron chi connectivity index (χ2n) is 5.97. The molecular formula is C21H19BrN2O2S2. The highest BCUT2D eigenvalue weighted by molar-refractivity contribution is 9.10. The van der Waals surface area contributed by atoms with Crippen LogP contribution >= 0.6 is 39.0 Å². The highest BCUT2D eigenvalue weighted by Crippen LogP contribution is 2.29. The number of amides is 2. The van der Waals surface area contributed by atoms with Gasteiger partial charge in [0.2, 0.25) is 5.91 Å². The molecule has 0 saturated heterocycles. The van der Waals surface area contributed by atoms with Gasteiger partial charge in [0.15, 0.2) is 0 Å². The zero-order valence-electron chi connectivity index (χ0n) is 15.1. The first-order valence-electron chi connectivity index (χ1n) is 8.73. The highest BCUT2D eigenvalue weighted by atomic mass is 79.9. The summed E-state index contributed by atoms with van der Waals surface area (Å²) >= 11 is 6.28. The minimum absolute atomic E-state index is 0.0390. The fourth-order valence-electron chi connectivity index (χ4n) is 2.49. The second kappa shape index (κ2) is 9.91. The van der Waals surface area contributed by atoms with Crippen molar-refractivity contribution < 1.29 is 9.59 Å². The van der Waals surface area contributed by atoms with Crippen LogP contribution in [0.5, 0.6) is 0 Å². The van der Waals surface area contributed by atoms with E-state index in [0.29, 0.717) is 17.0 Å². The van der Waals surface area contributed by atoms with Crippen LogP contribution in [-0.2, 0) is 4.79 Å². The van der Waals surface area contributed by atoms with Gasteiger partial charge in [-0.1, -0.05) is 35.0 Å². The summed E-state index contributed by atoms with van der Waals surface area (Å²) in [5.74, 6) is -0.167. The van der Waals surface area contributed by atoms with E-state index >= 15 is 0 Å². The molecule has 28 heavy (non-hydrogen) atoms. The van der Waals surface area contributed by atoms with Crippen LogP contribution < -0.4 is 10.6 Å². The first kappa shape index (κ1) is 20.6. The van der Waals surface area contributed by atoms with Crippen molar-refractivity contribution in [2.75, 3.05) is 10.6 Å². The van der Waals surface area contributed by atoms with Crippen molar-refractivity contribution in [3.8, 4) is 0 Å². The predicted octanol–water partition coefficient (Wildman–Crippen LogP) is 6.27. The monoisotopic (exact) mass is 474 g/mol. The summed E-state index contributed by atoms with van der Waals surface area (Å²) in [5.41, 5.74) is 1.48. The van der Waals surface area contributed by atoms with Crippen LogP contribution in [-0.4, -0.2) is 17.1 Å². The standard InChI is InChI=1S/C21H19BrN2O2S2/c1-2-18(20(25)23-15-10-8-14(22)9-11-15)28-17-6-3-5-16(13-17)24-21(26)19-7-4-12-27-19/h3-13,18H,2H2,1H3,(H,23,25)(H,24,26). The molecule has 1 atom stereocenters. The lowest BCUT2D eigenvalue weighted by Crippen LogP contribution is -2.24. The summed E-state index contributed by atoms with van der Waals surface area (Å²) in [4.78, 5) is 26.5. The van der Waals surface area contributed by atoms with Gasteiger partial charge >= 0.3 is 0 Å². The van der Waals surface area contributed by atoms with Gasteiger partial charge in [0, 0.05) is 20.7 Å². The van der Waals surface area contributed by atoms with Crippen molar-refractivity contribution in [1.82, 2.24) is 0 Å². The SMILES string of the molecule is CCC(Sc1cccc(NC(=O)c2cccs2)c1)C(=O)Nc1ccc(Br)cc1. The van der Waals surface area contributed by atoms with Crippen molar-refractivity contribution in [3.63, 3.8) is 0 Å². The molecule has 4 nitrogen and oxygen atoms in total. The summed E-state index contributed by atoms with van der Waals surface area (Å²) in [6, 6.07) is 18.7. The van der Waals surface area contributed by atoms with E-state index in [-0.39, 0.29) is 17.1 Å². The van der Waals surface area contributed by atoms with Crippen LogP contribution in [0.3, 0.4) is 0 Å². The summed E-state index contributed by atoms with van der Waals surface area (Å²) < 4.78 is 0.966. The van der Waals surface area contributed by atoms with E-state index in [1.807, 2.05) is 66.9 Å². The van der Waals surface area contributed by atoms with Crippen LogP contribution in [0.4, 0.5) is 11.4 Å². The normalized spacial score (nSPS) is 11.6. The molecule has 0 saturated carbocycles. The van der Waals surface area contributed by atoms with E-state index in [1.165, 1.54) is 23.1 Å². The molecule has 1 unspecified atom stereocenters. The first-order valence-corrected chi connectivity index (χ1v) is 11.3. The lowest BCUT2D eigenvalue weighted by Gasteiger charge is -2.15. The fraction of sp³-hybridized carbons (Fsp3) is 0.143. The van der Waals surface area contributed by atoms with E-state index in [4.69, 9.17) is 0 Å². The Morgan fingerprint density at radius 2 is 1.82 bits per heavy atom. The van der Waals surface area contributed by atoms with E-state index in [0.717, 1.165) is 15.1 Å². The summed E-state index contributed by atoms with van der Waals surface area (Å²) in [6.07, 6.45) is 0.693. The molecule has 144 valence electrons. The smallest absolute Gasteiger partial charge is 0.265 e. The molecule has 1 aromatic heterocycles. The highest BCUT2D eigenvalue weighted by Gasteiger charge is 2.18. The fourth-order valence-corrected chi connectivity index (χ4v) is 4.39. The minimum atomic E-state index is -0.230. The lowest BCUT2D eigenvalue weighted by atomic mass is 10.3. The maximum atomic E-state index is 12.6. The van der Waals surface area contributed by atoms with Crippen LogP contribution in [0.2, 0.25) is 0 Å². The average Bonchev–Trinajstić information content (AvgIpc) is 3.23. The molecule has 0 aliphatic rings. The number of thiophene rings is 1. The molecule has 0 radical (unpaired) electrons. The Bertz CT molecular complexity index is 943. The molecule has 2 aromatic carbocycles. The van der Waals surface area contributed by atoms with E-state index in [2.05, 4.69) is 26.6 Å². The van der Waals surface area contributed by atoms with Gasteiger partial charge < -0.3 is 10.6 Å². The first-order chi connectivity index (χ1) is 13.5. The quantitative estimate of drug-likeness (QED) is 0.396. The summed E-state index contributed by atoms with van der Waals surface area (Å²) in [6.45, 7) is 1.99. The van der Waals surface area contributed by atoms with E-state index < -0.39 is 0 Å². The second-order valence-corrected chi connectivity index (χ2v) is 9.11. The van der Waals surface area contributed by atoms with Gasteiger partial charge in [-0.15, -0.1) is 23.1 Å². The van der Waals surface area contributed by atoms with Crippen LogP contribution in [0, 0.1) is 0 Å². The molecule has 0 spiro atoms. The maximum Gasteiger partial charge on any atom is 0.265 e. The van der Waals surface area contributed by atoms with Gasteiger partial charge in [0.25, 0.3) is 5.91 Å². The lowest BCUT2D eigenvalue weighted by molar-refractivity contribution is -0.115. The summed E-state index contributed by atoms with van der Waals surface area (Å²) in [7, 11) is 0. The number of thioether (sulfide) groups is 1. The predicted molar refractivity (Wildman–Crippen MR) is 121 cm³/mol. The molecule has 7 heteroatoms. The number of rotatable bonds is 7. The number of carbonyl (C=O) groups is 2. The van der Waals surface area contributed by atoms with E-state index in [9.17, 15) is 9.59 Å². The Kier molecular flexibility index (Phi) is 7.30. The largest absolute Gasteiger partial charge is 0.325 e. The minimum Gasteiger partial charge on any atom is -0.325 e. The van der Waals surface area contributed by atoms with Crippen LogP contribution in [0.25, 0.3) is 0 Å². The van der Waals surface area contributed by atoms with E-state index in [1.54, 1.807) is 6.07 Å². The molecule has 3 aromatic rings. The number of nitrogens with one attached hydrogen (secondary N) is 2. The molecule has 0 aliphatic carbocycles. The van der Waals surface area contributed by atoms with Crippen molar-refractivity contribution >= 4 is 62.2 Å². The molecule has 0 aliphatic heterocycles. The molecule has 2 amide bonds. The third-order valence-corrected chi connectivity index (χ3v) is 6.65. The van der Waals surface area contributed by atoms with Gasteiger partial charge in [-0.05, 0) is 60.3 Å². The van der Waals surface area contributed by atoms with Crippen LogP contribution in [0.1, 0.15) is 23.0 Å². The Morgan fingerprint density at radius 3 is 2.50 bits per heavy atom. The Hall–Kier alpha value is -2.09. The third-order valence-electron chi connectivity index (χ3n) is 3.89. The maximum absolute atomic E-state index is 12.6. The van der Waals surface area contributed by atoms with Crippen molar-refractivity contribution in [2.24, 2.45) is 0 Å². The Balaban J connectivity index is 1.64. The number of hydrogen-bond acceptors (Lipinski definition) is 4. The zero-order chi connectivity index (χ0) is 19.9. The number of carbonyl (C=O) groups excluding carboxylic acids is 2. The number of benzene rings is 2. The van der Waals surface area contributed by atoms with Gasteiger partial charge in [0.05, 0.1) is 10.1 Å². The van der Waals surface area contributed by atoms with Crippen LogP contribution in [0.15, 0.2) is 75.4 Å². The van der Waals surface area contributed by atoms with Crippen molar-refractivity contribution in [2.45, 2.75) is 23.5 Å². The van der Waals surface area contributed by atoms with Gasteiger partial charge in [-0.2, -0.15) is 0 Å². The molecule has 0 bridgehead atoms. The Labute approximate surface area is 180 Å². The van der Waals surface area contributed by atoms with Gasteiger partial charge in [-0.25, -0.2) is 0 Å². The van der Waals surface area contributed by atoms with Gasteiger partial charge in [0.1, 0.15) is 0 Å². The third kappa shape index (κ3) is 5.70.